The van der Waals surface area contributed by atoms with Crippen LogP contribution in [0.3, 0.4) is 0 Å². The number of hydrogen-bond acceptors (Lipinski definition) is 3. The van der Waals surface area contributed by atoms with E-state index >= 15 is 0 Å². The summed E-state index contributed by atoms with van der Waals surface area (Å²) in [6.07, 6.45) is -2.62. The molecule has 0 radical (unpaired) electrons. The van der Waals surface area contributed by atoms with Crippen LogP contribution in [0.25, 0.3) is 0 Å². The zero-order valence-electron chi connectivity index (χ0n) is 10.6. The van der Waals surface area contributed by atoms with Crippen molar-refractivity contribution >= 4 is 11.7 Å². The molecule has 100 valence electrons. The van der Waals surface area contributed by atoms with E-state index in [0.29, 0.717) is 11.3 Å². The molecule has 1 N–H and O–H groups in total. The van der Waals surface area contributed by atoms with Crippen molar-refractivity contribution < 1.29 is 18.3 Å². The highest BCUT2D eigenvalue weighted by atomic mass is 19.3. The summed E-state index contributed by atoms with van der Waals surface area (Å²) in [7, 11) is 0. The third-order valence-electron chi connectivity index (χ3n) is 2.24. The van der Waals surface area contributed by atoms with Crippen LogP contribution < -0.4 is 5.32 Å². The maximum absolute atomic E-state index is 12.3. The lowest BCUT2D eigenvalue weighted by Gasteiger charge is -2.14. The molecule has 0 aliphatic rings. The fraction of sp³-hybridized carbons (Fsp3) is 0.462. The second kappa shape index (κ2) is 6.33. The van der Waals surface area contributed by atoms with E-state index in [0.717, 1.165) is 0 Å². The summed E-state index contributed by atoms with van der Waals surface area (Å²) in [6, 6.07) is 5.32. The van der Waals surface area contributed by atoms with E-state index < -0.39 is 18.4 Å². The number of rotatable bonds is 5. The molecule has 0 spiro atoms. The van der Waals surface area contributed by atoms with Gasteiger partial charge < -0.3 is 10.1 Å². The Morgan fingerprint density at radius 2 is 1.72 bits per heavy atom. The molecular formula is C13H17F2NO2. The van der Waals surface area contributed by atoms with Gasteiger partial charge in [-0.1, -0.05) is 0 Å². The Morgan fingerprint density at radius 3 is 2.17 bits per heavy atom. The number of alkyl halides is 2. The van der Waals surface area contributed by atoms with Crippen LogP contribution in [0.5, 0.6) is 0 Å². The SMILES string of the molecule is CC(C)OC(=O)c1ccc(NC(C)C(F)F)cc1. The second-order valence-electron chi connectivity index (χ2n) is 4.30. The lowest BCUT2D eigenvalue weighted by molar-refractivity contribution is 0.0378. The Labute approximate surface area is 105 Å². The molecule has 0 aliphatic heterocycles. The van der Waals surface area contributed by atoms with Gasteiger partial charge in [0.2, 0.25) is 0 Å². The van der Waals surface area contributed by atoms with Crippen LogP contribution in [0.2, 0.25) is 0 Å². The summed E-state index contributed by atoms with van der Waals surface area (Å²) >= 11 is 0. The minimum absolute atomic E-state index is 0.186. The largest absolute Gasteiger partial charge is 0.459 e. The summed E-state index contributed by atoms with van der Waals surface area (Å²) in [5.74, 6) is -0.418. The molecule has 5 heteroatoms. The number of carbonyl (C=O) groups excluding carboxylic acids is 1. The molecule has 0 saturated heterocycles. The zero-order valence-corrected chi connectivity index (χ0v) is 10.6. The molecule has 0 fully saturated rings. The summed E-state index contributed by atoms with van der Waals surface area (Å²) in [4.78, 5) is 11.5. The zero-order chi connectivity index (χ0) is 13.7. The van der Waals surface area contributed by atoms with Gasteiger partial charge in [-0.2, -0.15) is 0 Å². The van der Waals surface area contributed by atoms with Gasteiger partial charge in [-0.3, -0.25) is 0 Å². The lowest BCUT2D eigenvalue weighted by Crippen LogP contribution is -2.23. The van der Waals surface area contributed by atoms with Crippen LogP contribution in [-0.2, 0) is 4.74 Å². The number of carbonyl (C=O) groups is 1. The summed E-state index contributed by atoms with van der Waals surface area (Å²) in [5, 5.41) is 2.65. The van der Waals surface area contributed by atoms with Gasteiger partial charge in [-0.05, 0) is 45.0 Å². The van der Waals surface area contributed by atoms with Crippen LogP contribution >= 0.6 is 0 Å². The number of anilines is 1. The first kappa shape index (κ1) is 14.4. The first-order valence-electron chi connectivity index (χ1n) is 5.76. The predicted octanol–water partition coefficient (Wildman–Crippen LogP) is 3.32. The Bertz CT molecular complexity index is 390. The smallest absolute Gasteiger partial charge is 0.338 e. The van der Waals surface area contributed by atoms with Gasteiger partial charge in [-0.15, -0.1) is 0 Å². The first-order valence-corrected chi connectivity index (χ1v) is 5.76. The molecule has 3 nitrogen and oxygen atoms in total. The Balaban J connectivity index is 2.65. The van der Waals surface area contributed by atoms with E-state index in [1.807, 2.05) is 0 Å². The van der Waals surface area contributed by atoms with Crippen LogP contribution in [0.15, 0.2) is 24.3 Å². The summed E-state index contributed by atoms with van der Waals surface area (Å²) in [6.45, 7) is 4.92. The molecule has 0 aliphatic carbocycles. The van der Waals surface area contributed by atoms with Gasteiger partial charge in [0.15, 0.2) is 0 Å². The normalized spacial score (nSPS) is 12.6. The molecule has 0 amide bonds. The average Bonchev–Trinajstić information content (AvgIpc) is 2.28. The molecule has 1 atom stereocenters. The van der Waals surface area contributed by atoms with Crippen molar-refractivity contribution in [1.29, 1.82) is 0 Å². The Morgan fingerprint density at radius 1 is 1.17 bits per heavy atom. The highest BCUT2D eigenvalue weighted by Gasteiger charge is 2.14. The number of ether oxygens (including phenoxy) is 1. The van der Waals surface area contributed by atoms with Crippen molar-refractivity contribution in [2.24, 2.45) is 0 Å². The fourth-order valence-electron chi connectivity index (χ4n) is 1.31. The van der Waals surface area contributed by atoms with Gasteiger partial charge in [0, 0.05) is 5.69 Å². The Kier molecular flexibility index (Phi) is 5.07. The highest BCUT2D eigenvalue weighted by molar-refractivity contribution is 5.89. The van der Waals surface area contributed by atoms with Crippen LogP contribution in [0, 0.1) is 0 Å². The lowest BCUT2D eigenvalue weighted by atomic mass is 10.2. The van der Waals surface area contributed by atoms with E-state index in [2.05, 4.69) is 5.32 Å². The molecular weight excluding hydrogens is 240 g/mol. The third-order valence-corrected chi connectivity index (χ3v) is 2.24. The van der Waals surface area contributed by atoms with Crippen LogP contribution in [-0.4, -0.2) is 24.5 Å². The minimum atomic E-state index is -2.43. The van der Waals surface area contributed by atoms with Crippen molar-refractivity contribution in [3.8, 4) is 0 Å². The molecule has 1 unspecified atom stereocenters. The second-order valence-corrected chi connectivity index (χ2v) is 4.30. The minimum Gasteiger partial charge on any atom is -0.459 e. The van der Waals surface area contributed by atoms with E-state index in [9.17, 15) is 13.6 Å². The highest BCUT2D eigenvalue weighted by Crippen LogP contribution is 2.14. The maximum Gasteiger partial charge on any atom is 0.338 e. The molecule has 0 heterocycles. The van der Waals surface area contributed by atoms with E-state index in [1.165, 1.54) is 6.92 Å². The molecule has 0 saturated carbocycles. The monoisotopic (exact) mass is 257 g/mol. The van der Waals surface area contributed by atoms with E-state index in [4.69, 9.17) is 4.74 Å². The fourth-order valence-corrected chi connectivity index (χ4v) is 1.31. The van der Waals surface area contributed by atoms with Crippen molar-refractivity contribution in [2.75, 3.05) is 5.32 Å². The average molecular weight is 257 g/mol. The van der Waals surface area contributed by atoms with Gasteiger partial charge in [-0.25, -0.2) is 13.6 Å². The standard InChI is InChI=1S/C13H17F2NO2/c1-8(2)18-13(17)10-4-6-11(7-5-10)16-9(3)12(14)15/h4-9,12,16H,1-3H3. The van der Waals surface area contributed by atoms with E-state index in [-0.39, 0.29) is 6.10 Å². The molecule has 0 bridgehead atoms. The molecule has 18 heavy (non-hydrogen) atoms. The van der Waals surface area contributed by atoms with Crippen LogP contribution in [0.4, 0.5) is 14.5 Å². The molecule has 1 aromatic carbocycles. The topological polar surface area (TPSA) is 38.3 Å². The number of benzene rings is 1. The van der Waals surface area contributed by atoms with Crippen molar-refractivity contribution in [1.82, 2.24) is 0 Å². The van der Waals surface area contributed by atoms with Gasteiger partial charge in [0.05, 0.1) is 17.7 Å². The molecule has 0 aromatic heterocycles. The van der Waals surface area contributed by atoms with Gasteiger partial charge in [0.1, 0.15) is 0 Å². The number of nitrogens with one attached hydrogen (secondary N) is 1. The van der Waals surface area contributed by atoms with E-state index in [1.54, 1.807) is 38.1 Å². The van der Waals surface area contributed by atoms with Gasteiger partial charge in [0.25, 0.3) is 6.43 Å². The van der Waals surface area contributed by atoms with Crippen molar-refractivity contribution in [3.63, 3.8) is 0 Å². The van der Waals surface area contributed by atoms with Crippen molar-refractivity contribution in [2.45, 2.75) is 39.3 Å². The number of halogens is 2. The van der Waals surface area contributed by atoms with Crippen LogP contribution in [0.1, 0.15) is 31.1 Å². The first-order chi connectivity index (χ1) is 8.40. The van der Waals surface area contributed by atoms with Crippen molar-refractivity contribution in [3.05, 3.63) is 29.8 Å². The summed E-state index contributed by atoms with van der Waals surface area (Å²) in [5.41, 5.74) is 0.947. The quantitative estimate of drug-likeness (QED) is 0.822. The predicted molar refractivity (Wildman–Crippen MR) is 66.1 cm³/mol. The summed E-state index contributed by atoms with van der Waals surface area (Å²) < 4.78 is 29.7. The van der Waals surface area contributed by atoms with Gasteiger partial charge >= 0.3 is 5.97 Å². The Hall–Kier alpha value is -1.65. The number of esters is 1. The third kappa shape index (κ3) is 4.31. The number of hydrogen-bond donors (Lipinski definition) is 1. The molecule has 1 aromatic rings. The maximum atomic E-state index is 12.3. The molecule has 1 rings (SSSR count).